The molecule has 2 fully saturated rings. The van der Waals surface area contributed by atoms with Crippen molar-refractivity contribution in [3.05, 3.63) is 35.3 Å². The maximum Gasteiger partial charge on any atom is 0.356 e. The van der Waals surface area contributed by atoms with E-state index in [9.17, 15) is 15.2 Å². The highest BCUT2D eigenvalue weighted by Crippen LogP contribution is 2.49. The van der Waals surface area contributed by atoms with Gasteiger partial charge in [0.05, 0.1) is 17.4 Å². The SMILES string of the molecule is CC1(C)CC(c2ccn3c(C4(C#N)CC4)c(C(=O)O)nc3c2)CCO1. The van der Waals surface area contributed by atoms with Crippen molar-refractivity contribution in [3.63, 3.8) is 0 Å². The van der Waals surface area contributed by atoms with Crippen LogP contribution in [0.4, 0.5) is 0 Å². The summed E-state index contributed by atoms with van der Waals surface area (Å²) in [5.41, 5.74) is 1.44. The number of carboxylic acid groups (broad SMARTS) is 1. The van der Waals surface area contributed by atoms with Gasteiger partial charge in [0, 0.05) is 12.8 Å². The maximum atomic E-state index is 11.7. The molecule has 1 aliphatic heterocycles. The van der Waals surface area contributed by atoms with Crippen molar-refractivity contribution in [2.75, 3.05) is 6.61 Å². The Bertz CT molecular complexity index is 903. The summed E-state index contributed by atoms with van der Waals surface area (Å²) in [7, 11) is 0. The van der Waals surface area contributed by atoms with Gasteiger partial charge in [0.15, 0.2) is 5.69 Å². The first-order valence-corrected chi connectivity index (χ1v) is 8.66. The Hall–Kier alpha value is -2.39. The molecule has 1 atom stereocenters. The number of nitrogens with zero attached hydrogens (tertiary/aromatic N) is 3. The van der Waals surface area contributed by atoms with Gasteiger partial charge in [-0.1, -0.05) is 0 Å². The second-order valence-corrected chi connectivity index (χ2v) is 7.79. The number of aromatic nitrogens is 2. The Morgan fingerprint density at radius 1 is 1.48 bits per heavy atom. The molecule has 1 saturated heterocycles. The molecule has 0 spiro atoms. The second-order valence-electron chi connectivity index (χ2n) is 7.79. The van der Waals surface area contributed by atoms with Crippen molar-refractivity contribution in [2.24, 2.45) is 0 Å². The fraction of sp³-hybridized carbons (Fsp3) is 0.526. The van der Waals surface area contributed by atoms with Gasteiger partial charge in [-0.15, -0.1) is 0 Å². The van der Waals surface area contributed by atoms with Crippen LogP contribution in [0.1, 0.15) is 67.2 Å². The van der Waals surface area contributed by atoms with Crippen molar-refractivity contribution < 1.29 is 14.6 Å². The first-order chi connectivity index (χ1) is 11.9. The molecule has 0 radical (unpaired) electrons. The highest BCUT2D eigenvalue weighted by Gasteiger charge is 2.50. The zero-order valence-corrected chi connectivity index (χ0v) is 14.5. The van der Waals surface area contributed by atoms with Crippen molar-refractivity contribution in [3.8, 4) is 6.07 Å². The average molecular weight is 339 g/mol. The van der Waals surface area contributed by atoms with Crippen molar-refractivity contribution in [2.45, 2.75) is 56.5 Å². The minimum atomic E-state index is -1.08. The highest BCUT2D eigenvalue weighted by molar-refractivity contribution is 5.89. The average Bonchev–Trinajstić information content (AvgIpc) is 3.26. The van der Waals surface area contributed by atoms with Gasteiger partial charge in [-0.2, -0.15) is 5.26 Å². The molecule has 2 aliphatic rings. The van der Waals surface area contributed by atoms with Crippen LogP contribution in [0, 0.1) is 11.3 Å². The number of carboxylic acids is 1. The topological polar surface area (TPSA) is 87.6 Å². The molecule has 2 aromatic heterocycles. The van der Waals surface area contributed by atoms with Crippen molar-refractivity contribution in [1.29, 1.82) is 5.26 Å². The molecule has 130 valence electrons. The lowest BCUT2D eigenvalue weighted by Gasteiger charge is -2.35. The molecule has 0 bridgehead atoms. The summed E-state index contributed by atoms with van der Waals surface area (Å²) in [6.45, 7) is 4.91. The van der Waals surface area contributed by atoms with E-state index in [1.807, 2.05) is 18.3 Å². The van der Waals surface area contributed by atoms with E-state index in [0.29, 0.717) is 30.1 Å². The normalized spacial score (nSPS) is 24.0. The Morgan fingerprint density at radius 2 is 2.24 bits per heavy atom. The van der Waals surface area contributed by atoms with E-state index in [1.165, 1.54) is 0 Å². The fourth-order valence-electron chi connectivity index (χ4n) is 3.96. The van der Waals surface area contributed by atoms with E-state index in [2.05, 4.69) is 24.9 Å². The second kappa shape index (κ2) is 5.30. The molecule has 0 amide bonds. The molecule has 1 aliphatic carbocycles. The Balaban J connectivity index is 1.80. The molecule has 0 aromatic carbocycles. The van der Waals surface area contributed by atoms with E-state index < -0.39 is 11.4 Å². The lowest BCUT2D eigenvalue weighted by Crippen LogP contribution is -2.33. The predicted molar refractivity (Wildman–Crippen MR) is 90.7 cm³/mol. The third-order valence-electron chi connectivity index (χ3n) is 5.44. The fourth-order valence-corrected chi connectivity index (χ4v) is 3.96. The number of pyridine rings is 1. The summed E-state index contributed by atoms with van der Waals surface area (Å²) in [5, 5.41) is 19.1. The Kier molecular flexibility index (Phi) is 3.41. The summed E-state index contributed by atoms with van der Waals surface area (Å²) in [6, 6.07) is 6.29. The van der Waals surface area contributed by atoms with Gasteiger partial charge < -0.3 is 14.2 Å². The maximum absolute atomic E-state index is 11.7. The zero-order valence-electron chi connectivity index (χ0n) is 14.5. The first kappa shape index (κ1) is 16.1. The molecule has 1 N–H and O–H groups in total. The van der Waals surface area contributed by atoms with E-state index in [4.69, 9.17) is 4.74 Å². The monoisotopic (exact) mass is 339 g/mol. The zero-order chi connectivity index (χ0) is 17.8. The van der Waals surface area contributed by atoms with Crippen LogP contribution in [0.5, 0.6) is 0 Å². The van der Waals surface area contributed by atoms with Gasteiger partial charge in [-0.05, 0) is 63.1 Å². The smallest absolute Gasteiger partial charge is 0.356 e. The molecule has 4 rings (SSSR count). The number of imidazole rings is 1. The molecular formula is C19H21N3O3. The lowest BCUT2D eigenvalue weighted by molar-refractivity contribution is -0.0593. The van der Waals surface area contributed by atoms with Gasteiger partial charge in [0.1, 0.15) is 11.1 Å². The standard InChI is InChI=1S/C19H21N3O3/c1-18(2)10-13(4-8-25-18)12-3-7-22-14(9-12)21-15(17(23)24)16(22)19(11-20)5-6-19/h3,7,9,13H,4-6,8,10H2,1-2H3,(H,23,24). The predicted octanol–water partition coefficient (Wildman–Crippen LogP) is 3.26. The van der Waals surface area contributed by atoms with E-state index in [1.54, 1.807) is 4.40 Å². The van der Waals surface area contributed by atoms with Crippen LogP contribution >= 0.6 is 0 Å². The quantitative estimate of drug-likeness (QED) is 0.927. The number of hydrogen-bond donors (Lipinski definition) is 1. The number of aromatic carboxylic acids is 1. The number of rotatable bonds is 3. The van der Waals surface area contributed by atoms with Gasteiger partial charge >= 0.3 is 5.97 Å². The third-order valence-corrected chi connectivity index (χ3v) is 5.44. The Labute approximate surface area is 146 Å². The molecule has 1 unspecified atom stereocenters. The number of ether oxygens (including phenoxy) is 1. The van der Waals surface area contributed by atoms with Gasteiger partial charge in [0.2, 0.25) is 0 Å². The number of hydrogen-bond acceptors (Lipinski definition) is 4. The van der Waals surface area contributed by atoms with Crippen LogP contribution in [-0.2, 0) is 10.2 Å². The summed E-state index contributed by atoms with van der Waals surface area (Å²) in [4.78, 5) is 16.0. The minimum Gasteiger partial charge on any atom is -0.476 e. The van der Waals surface area contributed by atoms with Gasteiger partial charge in [0.25, 0.3) is 0 Å². The lowest BCUT2D eigenvalue weighted by atomic mass is 9.84. The van der Waals surface area contributed by atoms with Crippen LogP contribution in [0.15, 0.2) is 18.3 Å². The summed E-state index contributed by atoms with van der Waals surface area (Å²) < 4.78 is 7.58. The van der Waals surface area contributed by atoms with E-state index in [0.717, 1.165) is 25.0 Å². The van der Waals surface area contributed by atoms with Crippen LogP contribution < -0.4 is 0 Å². The van der Waals surface area contributed by atoms with Crippen LogP contribution in [0.2, 0.25) is 0 Å². The Morgan fingerprint density at radius 3 is 2.84 bits per heavy atom. The van der Waals surface area contributed by atoms with Crippen molar-refractivity contribution >= 4 is 11.6 Å². The molecule has 3 heterocycles. The largest absolute Gasteiger partial charge is 0.476 e. The summed E-state index contributed by atoms with van der Waals surface area (Å²) in [6.07, 6.45) is 5.12. The molecule has 25 heavy (non-hydrogen) atoms. The first-order valence-electron chi connectivity index (χ1n) is 8.66. The third kappa shape index (κ3) is 2.59. The molecule has 6 nitrogen and oxygen atoms in total. The van der Waals surface area contributed by atoms with Crippen LogP contribution in [0.3, 0.4) is 0 Å². The van der Waals surface area contributed by atoms with Crippen LogP contribution in [0.25, 0.3) is 5.65 Å². The van der Waals surface area contributed by atoms with Gasteiger partial charge in [-0.25, -0.2) is 9.78 Å². The summed E-state index contributed by atoms with van der Waals surface area (Å²) >= 11 is 0. The molecule has 6 heteroatoms. The number of nitriles is 1. The van der Waals surface area contributed by atoms with E-state index in [-0.39, 0.29) is 11.3 Å². The number of carbonyl (C=O) groups is 1. The van der Waals surface area contributed by atoms with Crippen LogP contribution in [-0.4, -0.2) is 32.7 Å². The molecule has 2 aromatic rings. The molecule has 1 saturated carbocycles. The summed E-state index contributed by atoms with van der Waals surface area (Å²) in [5.74, 6) is -0.706. The highest BCUT2D eigenvalue weighted by atomic mass is 16.5. The minimum absolute atomic E-state index is 0.00325. The van der Waals surface area contributed by atoms with Gasteiger partial charge in [-0.3, -0.25) is 0 Å². The van der Waals surface area contributed by atoms with Crippen molar-refractivity contribution in [1.82, 2.24) is 9.38 Å². The molecular weight excluding hydrogens is 318 g/mol. The van der Waals surface area contributed by atoms with E-state index >= 15 is 0 Å². The number of fused-ring (bicyclic) bond motifs is 1.